The van der Waals surface area contributed by atoms with Crippen molar-refractivity contribution in [1.82, 2.24) is 0 Å². The van der Waals surface area contributed by atoms with E-state index < -0.39 is 0 Å². The standard InChI is InChI=1S/C9H17NO2/c10-8-3-4-11-6-9(8)12-5-7-1-2-7/h7-9H,1-6,10H2/t8-,9+/m1/s1. The van der Waals surface area contributed by atoms with Crippen molar-refractivity contribution in [2.45, 2.75) is 31.4 Å². The largest absolute Gasteiger partial charge is 0.379 e. The highest BCUT2D eigenvalue weighted by molar-refractivity contribution is 4.79. The Labute approximate surface area is 73.2 Å². The molecule has 1 saturated carbocycles. The van der Waals surface area contributed by atoms with Crippen LogP contribution in [0.4, 0.5) is 0 Å². The Morgan fingerprint density at radius 1 is 1.33 bits per heavy atom. The van der Waals surface area contributed by atoms with Crippen molar-refractivity contribution < 1.29 is 9.47 Å². The van der Waals surface area contributed by atoms with Crippen LogP contribution in [0, 0.1) is 5.92 Å². The summed E-state index contributed by atoms with van der Waals surface area (Å²) in [6.07, 6.45) is 3.76. The van der Waals surface area contributed by atoms with Crippen molar-refractivity contribution in [2.75, 3.05) is 19.8 Å². The summed E-state index contributed by atoms with van der Waals surface area (Å²) >= 11 is 0. The van der Waals surface area contributed by atoms with Crippen LogP contribution in [0.15, 0.2) is 0 Å². The van der Waals surface area contributed by atoms with Gasteiger partial charge in [0.25, 0.3) is 0 Å². The first-order valence-electron chi connectivity index (χ1n) is 4.81. The van der Waals surface area contributed by atoms with Crippen LogP contribution in [0.3, 0.4) is 0 Å². The second-order valence-corrected chi connectivity index (χ2v) is 3.84. The molecule has 0 aromatic carbocycles. The number of hydrogen-bond donors (Lipinski definition) is 1. The molecule has 12 heavy (non-hydrogen) atoms. The van der Waals surface area contributed by atoms with Crippen molar-refractivity contribution in [3.63, 3.8) is 0 Å². The third-order valence-electron chi connectivity index (χ3n) is 2.60. The fourth-order valence-electron chi connectivity index (χ4n) is 1.44. The molecular formula is C9H17NO2. The molecule has 0 bridgehead atoms. The third-order valence-corrected chi connectivity index (χ3v) is 2.60. The Balaban J connectivity index is 1.68. The zero-order valence-electron chi connectivity index (χ0n) is 7.37. The molecule has 1 saturated heterocycles. The normalized spacial score (nSPS) is 36.8. The number of nitrogens with two attached hydrogens (primary N) is 1. The van der Waals surface area contributed by atoms with Crippen LogP contribution in [0.25, 0.3) is 0 Å². The van der Waals surface area contributed by atoms with Crippen molar-refractivity contribution in [1.29, 1.82) is 0 Å². The second-order valence-electron chi connectivity index (χ2n) is 3.84. The molecule has 0 unspecified atom stereocenters. The molecule has 2 fully saturated rings. The molecule has 0 amide bonds. The van der Waals surface area contributed by atoms with Gasteiger partial charge in [0.2, 0.25) is 0 Å². The van der Waals surface area contributed by atoms with E-state index in [9.17, 15) is 0 Å². The van der Waals surface area contributed by atoms with E-state index in [-0.39, 0.29) is 12.1 Å². The molecule has 1 aliphatic carbocycles. The van der Waals surface area contributed by atoms with E-state index in [1.807, 2.05) is 0 Å². The lowest BCUT2D eigenvalue weighted by atomic mass is 10.1. The first kappa shape index (κ1) is 8.48. The highest BCUT2D eigenvalue weighted by Gasteiger charge is 2.27. The Hall–Kier alpha value is -0.120. The van der Waals surface area contributed by atoms with E-state index in [0.717, 1.165) is 25.6 Å². The minimum atomic E-state index is 0.152. The smallest absolute Gasteiger partial charge is 0.0959 e. The Morgan fingerprint density at radius 3 is 2.83 bits per heavy atom. The van der Waals surface area contributed by atoms with E-state index in [1.165, 1.54) is 12.8 Å². The lowest BCUT2D eigenvalue weighted by molar-refractivity contribution is -0.0639. The molecule has 3 nitrogen and oxygen atoms in total. The summed E-state index contributed by atoms with van der Waals surface area (Å²) in [6, 6.07) is 0.192. The minimum Gasteiger partial charge on any atom is -0.379 e. The summed E-state index contributed by atoms with van der Waals surface area (Å²) < 4.78 is 11.0. The van der Waals surface area contributed by atoms with Crippen LogP contribution in [-0.4, -0.2) is 32.0 Å². The highest BCUT2D eigenvalue weighted by Crippen LogP contribution is 2.29. The average molecular weight is 171 g/mol. The predicted octanol–water partition coefficient (Wildman–Crippen LogP) is 0.529. The van der Waals surface area contributed by atoms with Gasteiger partial charge in [-0.15, -0.1) is 0 Å². The lowest BCUT2D eigenvalue weighted by Gasteiger charge is -2.28. The number of hydrogen-bond acceptors (Lipinski definition) is 3. The first-order chi connectivity index (χ1) is 5.86. The van der Waals surface area contributed by atoms with Crippen molar-refractivity contribution in [3.05, 3.63) is 0 Å². The van der Waals surface area contributed by atoms with Gasteiger partial charge in [0.15, 0.2) is 0 Å². The van der Waals surface area contributed by atoms with Crippen LogP contribution < -0.4 is 5.73 Å². The van der Waals surface area contributed by atoms with Gasteiger partial charge in [-0.1, -0.05) is 0 Å². The van der Waals surface area contributed by atoms with E-state index in [0.29, 0.717) is 6.61 Å². The summed E-state index contributed by atoms with van der Waals surface area (Å²) in [6.45, 7) is 2.38. The average Bonchev–Trinajstić information content (AvgIpc) is 2.86. The van der Waals surface area contributed by atoms with Crippen molar-refractivity contribution in [2.24, 2.45) is 11.7 Å². The Morgan fingerprint density at radius 2 is 2.17 bits per heavy atom. The maximum absolute atomic E-state index is 5.88. The molecule has 70 valence electrons. The second kappa shape index (κ2) is 3.73. The maximum Gasteiger partial charge on any atom is 0.0959 e. The number of rotatable bonds is 3. The van der Waals surface area contributed by atoms with Crippen LogP contribution in [0.1, 0.15) is 19.3 Å². The molecule has 3 heteroatoms. The summed E-state index contributed by atoms with van der Waals surface area (Å²) in [5, 5.41) is 0. The fourth-order valence-corrected chi connectivity index (χ4v) is 1.44. The third kappa shape index (κ3) is 2.19. The van der Waals surface area contributed by atoms with Gasteiger partial charge in [0.05, 0.1) is 12.7 Å². The quantitative estimate of drug-likeness (QED) is 0.673. The van der Waals surface area contributed by atoms with Crippen molar-refractivity contribution in [3.8, 4) is 0 Å². The first-order valence-corrected chi connectivity index (χ1v) is 4.81. The SMILES string of the molecule is N[C@@H]1CCOC[C@@H]1OCC1CC1. The molecule has 2 atom stereocenters. The molecular weight excluding hydrogens is 154 g/mol. The molecule has 2 N–H and O–H groups in total. The molecule has 1 heterocycles. The molecule has 2 aliphatic rings. The van der Waals surface area contributed by atoms with Gasteiger partial charge >= 0.3 is 0 Å². The lowest BCUT2D eigenvalue weighted by Crippen LogP contribution is -2.44. The predicted molar refractivity (Wildman–Crippen MR) is 45.9 cm³/mol. The van der Waals surface area contributed by atoms with Crippen LogP contribution in [0.5, 0.6) is 0 Å². The molecule has 1 aliphatic heterocycles. The number of ether oxygens (including phenoxy) is 2. The topological polar surface area (TPSA) is 44.5 Å². The zero-order chi connectivity index (χ0) is 8.39. The minimum absolute atomic E-state index is 0.152. The van der Waals surface area contributed by atoms with Crippen LogP contribution in [-0.2, 0) is 9.47 Å². The molecule has 0 radical (unpaired) electrons. The zero-order valence-corrected chi connectivity index (χ0v) is 7.37. The van der Waals surface area contributed by atoms with Gasteiger partial charge < -0.3 is 15.2 Å². The van der Waals surface area contributed by atoms with Gasteiger partial charge in [-0.3, -0.25) is 0 Å². The van der Waals surface area contributed by atoms with Gasteiger partial charge in [0.1, 0.15) is 0 Å². The van der Waals surface area contributed by atoms with E-state index in [2.05, 4.69) is 0 Å². The molecule has 0 spiro atoms. The van der Waals surface area contributed by atoms with Crippen LogP contribution >= 0.6 is 0 Å². The Bertz CT molecular complexity index is 147. The van der Waals surface area contributed by atoms with Crippen LogP contribution in [0.2, 0.25) is 0 Å². The van der Waals surface area contributed by atoms with Gasteiger partial charge in [0, 0.05) is 19.3 Å². The molecule has 0 aromatic heterocycles. The molecule has 0 aromatic rings. The maximum atomic E-state index is 5.88. The van der Waals surface area contributed by atoms with Gasteiger partial charge in [-0.25, -0.2) is 0 Å². The summed E-state index contributed by atoms with van der Waals surface area (Å²) in [5.74, 6) is 0.819. The van der Waals surface area contributed by atoms with Crippen molar-refractivity contribution >= 4 is 0 Å². The summed E-state index contributed by atoms with van der Waals surface area (Å²) in [4.78, 5) is 0. The monoisotopic (exact) mass is 171 g/mol. The fraction of sp³-hybridized carbons (Fsp3) is 1.00. The summed E-state index contributed by atoms with van der Waals surface area (Å²) in [5.41, 5.74) is 5.88. The Kier molecular flexibility index (Phi) is 2.63. The van der Waals surface area contributed by atoms with E-state index in [4.69, 9.17) is 15.2 Å². The van der Waals surface area contributed by atoms with Gasteiger partial charge in [-0.2, -0.15) is 0 Å². The van der Waals surface area contributed by atoms with E-state index in [1.54, 1.807) is 0 Å². The van der Waals surface area contributed by atoms with Gasteiger partial charge in [-0.05, 0) is 25.2 Å². The van der Waals surface area contributed by atoms with E-state index >= 15 is 0 Å². The highest BCUT2D eigenvalue weighted by atomic mass is 16.5. The molecule has 2 rings (SSSR count). The summed E-state index contributed by atoms with van der Waals surface area (Å²) in [7, 11) is 0.